The Morgan fingerprint density at radius 2 is 1.75 bits per heavy atom. The van der Waals surface area contributed by atoms with Crippen molar-refractivity contribution in [3.05, 3.63) is 72.1 Å². The standard InChI is InChI=1S/C22H19F3N2O/c1-2-11-27-20-10-8-17(22(23,24)25)13-19(20)26-21(27)14-28-18-9-7-15-5-3-4-6-16(15)12-18/h3-10,12-13H,2,11,14H2,1H3. The Bertz CT molecular complexity index is 1130. The second kappa shape index (κ2) is 7.19. The van der Waals surface area contributed by atoms with Gasteiger partial charge in [-0.15, -0.1) is 0 Å². The van der Waals surface area contributed by atoms with Crippen molar-refractivity contribution in [2.24, 2.45) is 0 Å². The first-order valence-electron chi connectivity index (χ1n) is 9.13. The summed E-state index contributed by atoms with van der Waals surface area (Å²) in [6.07, 6.45) is -3.54. The monoisotopic (exact) mass is 384 g/mol. The SMILES string of the molecule is CCCn1c(COc2ccc3ccccc3c2)nc2cc(C(F)(F)F)ccc21. The first-order valence-corrected chi connectivity index (χ1v) is 9.13. The third kappa shape index (κ3) is 3.54. The van der Waals surface area contributed by atoms with Gasteiger partial charge in [-0.1, -0.05) is 37.3 Å². The number of imidazole rings is 1. The van der Waals surface area contributed by atoms with E-state index in [-0.39, 0.29) is 6.61 Å². The van der Waals surface area contributed by atoms with E-state index in [1.165, 1.54) is 6.07 Å². The predicted octanol–water partition coefficient (Wildman–Crippen LogP) is 6.20. The Morgan fingerprint density at radius 1 is 0.964 bits per heavy atom. The van der Waals surface area contributed by atoms with Gasteiger partial charge in [0.25, 0.3) is 0 Å². The number of nitrogens with zero attached hydrogens (tertiary/aromatic N) is 2. The number of fused-ring (bicyclic) bond motifs is 2. The summed E-state index contributed by atoms with van der Waals surface area (Å²) >= 11 is 0. The van der Waals surface area contributed by atoms with Crippen molar-refractivity contribution in [1.29, 1.82) is 0 Å². The van der Waals surface area contributed by atoms with E-state index in [2.05, 4.69) is 4.98 Å². The van der Waals surface area contributed by atoms with Gasteiger partial charge < -0.3 is 9.30 Å². The van der Waals surface area contributed by atoms with Crippen LogP contribution < -0.4 is 4.74 Å². The number of aryl methyl sites for hydroxylation is 1. The molecule has 1 aromatic heterocycles. The van der Waals surface area contributed by atoms with E-state index in [1.54, 1.807) is 0 Å². The van der Waals surface area contributed by atoms with Gasteiger partial charge in [-0.3, -0.25) is 0 Å². The molecule has 0 atom stereocenters. The van der Waals surface area contributed by atoms with Crippen LogP contribution in [0, 0.1) is 0 Å². The normalized spacial score (nSPS) is 12.0. The molecule has 28 heavy (non-hydrogen) atoms. The van der Waals surface area contributed by atoms with E-state index < -0.39 is 11.7 Å². The third-order valence-electron chi connectivity index (χ3n) is 4.69. The van der Waals surface area contributed by atoms with E-state index >= 15 is 0 Å². The Kier molecular flexibility index (Phi) is 4.71. The first-order chi connectivity index (χ1) is 13.5. The molecule has 0 N–H and O–H groups in total. The van der Waals surface area contributed by atoms with E-state index in [0.29, 0.717) is 29.2 Å². The largest absolute Gasteiger partial charge is 0.486 e. The maximum absolute atomic E-state index is 13.0. The molecule has 144 valence electrons. The zero-order valence-electron chi connectivity index (χ0n) is 15.3. The van der Waals surface area contributed by atoms with Crippen LogP contribution in [0.1, 0.15) is 24.7 Å². The molecule has 4 rings (SSSR count). The van der Waals surface area contributed by atoms with Gasteiger partial charge in [0.2, 0.25) is 0 Å². The number of hydrogen-bond acceptors (Lipinski definition) is 2. The van der Waals surface area contributed by atoms with E-state index in [4.69, 9.17) is 4.74 Å². The summed E-state index contributed by atoms with van der Waals surface area (Å²) in [5.41, 5.74) is 0.329. The van der Waals surface area contributed by atoms with Crippen LogP contribution in [-0.2, 0) is 19.3 Å². The predicted molar refractivity (Wildman–Crippen MR) is 103 cm³/mol. The number of hydrogen-bond donors (Lipinski definition) is 0. The average Bonchev–Trinajstić information content (AvgIpc) is 3.03. The lowest BCUT2D eigenvalue weighted by Gasteiger charge is -2.10. The highest BCUT2D eigenvalue weighted by atomic mass is 19.4. The van der Waals surface area contributed by atoms with Crippen LogP contribution in [0.15, 0.2) is 60.7 Å². The molecule has 0 amide bonds. The minimum absolute atomic E-state index is 0.189. The molecular weight excluding hydrogens is 365 g/mol. The van der Waals surface area contributed by atoms with Crippen molar-refractivity contribution >= 4 is 21.8 Å². The van der Waals surface area contributed by atoms with Gasteiger partial charge in [0.1, 0.15) is 18.2 Å². The highest BCUT2D eigenvalue weighted by Gasteiger charge is 2.31. The fraction of sp³-hybridized carbons (Fsp3) is 0.227. The summed E-state index contributed by atoms with van der Waals surface area (Å²) in [5.74, 6) is 1.31. The van der Waals surface area contributed by atoms with Gasteiger partial charge in [0, 0.05) is 6.54 Å². The quantitative estimate of drug-likeness (QED) is 0.410. The summed E-state index contributed by atoms with van der Waals surface area (Å²) in [6.45, 7) is 2.87. The fourth-order valence-corrected chi connectivity index (χ4v) is 3.34. The highest BCUT2D eigenvalue weighted by Crippen LogP contribution is 2.32. The van der Waals surface area contributed by atoms with Crippen molar-refractivity contribution in [2.75, 3.05) is 0 Å². The molecule has 4 aromatic rings. The summed E-state index contributed by atoms with van der Waals surface area (Å²) in [4.78, 5) is 4.42. The van der Waals surface area contributed by atoms with Crippen LogP contribution >= 0.6 is 0 Å². The summed E-state index contributed by atoms with van der Waals surface area (Å²) in [6, 6.07) is 17.5. The Labute approximate surface area is 160 Å². The van der Waals surface area contributed by atoms with Crippen LogP contribution in [0.3, 0.4) is 0 Å². The molecule has 0 radical (unpaired) electrons. The molecule has 0 aliphatic heterocycles. The number of rotatable bonds is 5. The maximum Gasteiger partial charge on any atom is 0.416 e. The number of ether oxygens (including phenoxy) is 1. The molecule has 1 heterocycles. The lowest BCUT2D eigenvalue weighted by Crippen LogP contribution is -2.07. The van der Waals surface area contributed by atoms with E-state index in [1.807, 2.05) is 54.0 Å². The van der Waals surface area contributed by atoms with Gasteiger partial charge in [-0.05, 0) is 47.5 Å². The van der Waals surface area contributed by atoms with Gasteiger partial charge in [-0.25, -0.2) is 4.98 Å². The molecule has 0 fully saturated rings. The minimum Gasteiger partial charge on any atom is -0.486 e. The molecule has 0 spiro atoms. The smallest absolute Gasteiger partial charge is 0.416 e. The zero-order chi connectivity index (χ0) is 19.7. The van der Waals surface area contributed by atoms with Gasteiger partial charge in [-0.2, -0.15) is 13.2 Å². The van der Waals surface area contributed by atoms with Crippen LogP contribution in [-0.4, -0.2) is 9.55 Å². The second-order valence-electron chi connectivity index (χ2n) is 6.68. The highest BCUT2D eigenvalue weighted by molar-refractivity contribution is 5.83. The van der Waals surface area contributed by atoms with Crippen molar-refractivity contribution < 1.29 is 17.9 Å². The van der Waals surface area contributed by atoms with E-state index in [9.17, 15) is 13.2 Å². The van der Waals surface area contributed by atoms with Crippen LogP contribution in [0.25, 0.3) is 21.8 Å². The number of alkyl halides is 3. The topological polar surface area (TPSA) is 27.1 Å². The first kappa shape index (κ1) is 18.3. The van der Waals surface area contributed by atoms with Crippen LogP contribution in [0.4, 0.5) is 13.2 Å². The summed E-state index contributed by atoms with van der Waals surface area (Å²) in [5, 5.41) is 2.18. The molecule has 0 saturated carbocycles. The molecule has 0 aliphatic rings. The molecule has 6 heteroatoms. The Morgan fingerprint density at radius 3 is 2.50 bits per heavy atom. The van der Waals surface area contributed by atoms with Crippen LogP contribution in [0.5, 0.6) is 5.75 Å². The summed E-state index contributed by atoms with van der Waals surface area (Å²) in [7, 11) is 0. The van der Waals surface area contributed by atoms with Crippen molar-refractivity contribution in [1.82, 2.24) is 9.55 Å². The minimum atomic E-state index is -4.38. The van der Waals surface area contributed by atoms with Crippen molar-refractivity contribution in [3.8, 4) is 5.75 Å². The van der Waals surface area contributed by atoms with Crippen molar-refractivity contribution in [3.63, 3.8) is 0 Å². The number of aromatic nitrogens is 2. The zero-order valence-corrected chi connectivity index (χ0v) is 15.3. The van der Waals surface area contributed by atoms with Gasteiger partial charge >= 0.3 is 6.18 Å². The lowest BCUT2D eigenvalue weighted by atomic mass is 10.1. The Balaban J connectivity index is 1.65. The fourth-order valence-electron chi connectivity index (χ4n) is 3.34. The second-order valence-corrected chi connectivity index (χ2v) is 6.68. The molecule has 0 unspecified atom stereocenters. The molecule has 3 nitrogen and oxygen atoms in total. The van der Waals surface area contributed by atoms with Crippen LogP contribution in [0.2, 0.25) is 0 Å². The molecular formula is C22H19F3N2O. The lowest BCUT2D eigenvalue weighted by molar-refractivity contribution is -0.137. The van der Waals surface area contributed by atoms with E-state index in [0.717, 1.165) is 29.3 Å². The maximum atomic E-state index is 13.0. The number of halogens is 3. The number of benzene rings is 3. The molecule has 0 aliphatic carbocycles. The third-order valence-corrected chi connectivity index (χ3v) is 4.69. The molecule has 0 saturated heterocycles. The van der Waals surface area contributed by atoms with Gasteiger partial charge in [0.05, 0.1) is 16.6 Å². The molecule has 3 aromatic carbocycles. The molecule has 0 bridgehead atoms. The average molecular weight is 384 g/mol. The van der Waals surface area contributed by atoms with Crippen molar-refractivity contribution in [2.45, 2.75) is 32.7 Å². The Hall–Kier alpha value is -3.02. The summed E-state index contributed by atoms with van der Waals surface area (Å²) < 4.78 is 46.9. The van der Waals surface area contributed by atoms with Gasteiger partial charge in [0.15, 0.2) is 0 Å².